The number of rotatable bonds is 8. The van der Waals surface area contributed by atoms with Gasteiger partial charge in [-0.05, 0) is 17.7 Å². The van der Waals surface area contributed by atoms with Gasteiger partial charge in [0.1, 0.15) is 0 Å². The molecule has 142 valence electrons. The molecule has 0 N–H and O–H groups in total. The molecule has 3 aromatic rings. The van der Waals surface area contributed by atoms with Crippen molar-refractivity contribution in [2.45, 2.75) is 23.9 Å². The summed E-state index contributed by atoms with van der Waals surface area (Å²) in [6, 6.07) is 13.3. The van der Waals surface area contributed by atoms with Crippen LogP contribution in [0.1, 0.15) is 19.4 Å². The van der Waals surface area contributed by atoms with Crippen LogP contribution in [0.2, 0.25) is 0 Å². The molecule has 0 aliphatic carbocycles. The lowest BCUT2D eigenvalue weighted by Gasteiger charge is -2.18. The van der Waals surface area contributed by atoms with Crippen molar-refractivity contribution < 1.29 is 8.42 Å². The molecule has 0 amide bonds. The molecular formula is C19H22N4O2S2. The summed E-state index contributed by atoms with van der Waals surface area (Å²) in [5.74, 6) is 0.711. The summed E-state index contributed by atoms with van der Waals surface area (Å²) < 4.78 is 28.7. The number of nitrogens with zero attached hydrogens (tertiary/aromatic N) is 4. The minimum atomic E-state index is -3.51. The van der Waals surface area contributed by atoms with Crippen LogP contribution in [0.25, 0.3) is 11.7 Å². The number of aromatic nitrogens is 3. The monoisotopic (exact) mass is 402 g/mol. The van der Waals surface area contributed by atoms with Crippen LogP contribution in [0.4, 0.5) is 0 Å². The Morgan fingerprint density at radius 2 is 1.81 bits per heavy atom. The van der Waals surface area contributed by atoms with Crippen LogP contribution in [-0.4, -0.2) is 46.2 Å². The van der Waals surface area contributed by atoms with Crippen molar-refractivity contribution in [1.29, 1.82) is 0 Å². The van der Waals surface area contributed by atoms with Crippen LogP contribution in [0.3, 0.4) is 0 Å². The molecule has 0 bridgehead atoms. The van der Waals surface area contributed by atoms with Gasteiger partial charge in [0.2, 0.25) is 10.0 Å². The number of sulfonamides is 1. The van der Waals surface area contributed by atoms with Crippen molar-refractivity contribution in [2.24, 2.45) is 0 Å². The van der Waals surface area contributed by atoms with E-state index in [9.17, 15) is 8.42 Å². The summed E-state index contributed by atoms with van der Waals surface area (Å²) in [6.07, 6.45) is 5.70. The molecule has 0 aliphatic heterocycles. The predicted octanol–water partition coefficient (Wildman–Crippen LogP) is 3.57. The summed E-state index contributed by atoms with van der Waals surface area (Å²) in [4.78, 5) is 0.250. The zero-order valence-corrected chi connectivity index (χ0v) is 16.9. The Morgan fingerprint density at radius 1 is 1.07 bits per heavy atom. The van der Waals surface area contributed by atoms with E-state index in [2.05, 4.69) is 16.3 Å². The highest BCUT2D eigenvalue weighted by molar-refractivity contribution is 7.99. The Bertz CT molecular complexity index is 1030. The maximum atomic E-state index is 12.7. The van der Waals surface area contributed by atoms with Crippen molar-refractivity contribution in [3.05, 3.63) is 60.3 Å². The summed E-state index contributed by atoms with van der Waals surface area (Å²) >= 11 is 1.51. The van der Waals surface area contributed by atoms with Crippen molar-refractivity contribution in [3.63, 3.8) is 0 Å². The van der Waals surface area contributed by atoms with E-state index in [0.717, 1.165) is 5.56 Å². The number of pyridine rings is 1. The largest absolute Gasteiger partial charge is 0.276 e. The molecule has 2 heterocycles. The molecule has 0 radical (unpaired) electrons. The molecule has 3 rings (SSSR count). The van der Waals surface area contributed by atoms with E-state index in [-0.39, 0.29) is 4.90 Å². The van der Waals surface area contributed by atoms with Gasteiger partial charge in [0.25, 0.3) is 0 Å². The second kappa shape index (κ2) is 8.69. The summed E-state index contributed by atoms with van der Waals surface area (Å²) in [5.41, 5.74) is 1.76. The zero-order valence-electron chi connectivity index (χ0n) is 15.3. The first-order valence-electron chi connectivity index (χ1n) is 8.75. The SMILES string of the molecule is CCN(CC)S(=O)(=O)c1ccc2nnc(SCC=Cc3ccccc3)n2c1. The van der Waals surface area contributed by atoms with E-state index >= 15 is 0 Å². The van der Waals surface area contributed by atoms with Crippen LogP contribution in [-0.2, 0) is 10.0 Å². The predicted molar refractivity (Wildman–Crippen MR) is 109 cm³/mol. The van der Waals surface area contributed by atoms with Crippen LogP contribution in [0.5, 0.6) is 0 Å². The van der Waals surface area contributed by atoms with E-state index in [1.807, 2.05) is 50.3 Å². The second-order valence-electron chi connectivity index (χ2n) is 5.79. The molecule has 0 spiro atoms. The average molecular weight is 403 g/mol. The van der Waals surface area contributed by atoms with Gasteiger partial charge < -0.3 is 0 Å². The molecule has 0 aliphatic rings. The van der Waals surface area contributed by atoms with Gasteiger partial charge in [-0.2, -0.15) is 4.31 Å². The van der Waals surface area contributed by atoms with Crippen LogP contribution >= 0.6 is 11.8 Å². The Labute approximate surface area is 164 Å². The third-order valence-electron chi connectivity index (χ3n) is 4.11. The van der Waals surface area contributed by atoms with Crippen molar-refractivity contribution >= 4 is 33.5 Å². The van der Waals surface area contributed by atoms with Gasteiger partial charge in [0.05, 0.1) is 4.90 Å². The number of hydrogen-bond donors (Lipinski definition) is 0. The van der Waals surface area contributed by atoms with Crippen LogP contribution in [0.15, 0.2) is 64.8 Å². The van der Waals surface area contributed by atoms with Crippen molar-refractivity contribution in [2.75, 3.05) is 18.8 Å². The Morgan fingerprint density at radius 3 is 2.52 bits per heavy atom. The third-order valence-corrected chi connectivity index (χ3v) is 7.03. The van der Waals surface area contributed by atoms with Gasteiger partial charge in [-0.1, -0.05) is 68.1 Å². The third kappa shape index (κ3) is 4.40. The molecule has 2 aromatic heterocycles. The number of hydrogen-bond acceptors (Lipinski definition) is 5. The first-order valence-corrected chi connectivity index (χ1v) is 11.2. The first-order chi connectivity index (χ1) is 13.1. The Kier molecular flexibility index (Phi) is 6.30. The fourth-order valence-electron chi connectivity index (χ4n) is 2.68. The maximum Gasteiger partial charge on any atom is 0.244 e. The van der Waals surface area contributed by atoms with Gasteiger partial charge in [0, 0.05) is 25.0 Å². The minimum Gasteiger partial charge on any atom is -0.276 e. The quantitative estimate of drug-likeness (QED) is 0.539. The standard InChI is InChI=1S/C19H22N4O2S2/c1-3-22(4-2)27(24,25)17-12-13-18-20-21-19(23(18)15-17)26-14-8-11-16-9-6-5-7-10-16/h5-13,15H,3-4,14H2,1-2H3. The van der Waals surface area contributed by atoms with Crippen molar-refractivity contribution in [1.82, 2.24) is 18.9 Å². The van der Waals surface area contributed by atoms with E-state index in [4.69, 9.17) is 0 Å². The van der Waals surface area contributed by atoms with Gasteiger partial charge in [-0.15, -0.1) is 10.2 Å². The van der Waals surface area contributed by atoms with E-state index in [1.165, 1.54) is 16.1 Å². The lowest BCUT2D eigenvalue weighted by atomic mass is 10.2. The lowest BCUT2D eigenvalue weighted by Crippen LogP contribution is -2.30. The number of benzene rings is 1. The second-order valence-corrected chi connectivity index (χ2v) is 8.71. The fraction of sp³-hybridized carbons (Fsp3) is 0.263. The van der Waals surface area contributed by atoms with Gasteiger partial charge in [-0.3, -0.25) is 4.40 Å². The molecule has 8 heteroatoms. The molecule has 6 nitrogen and oxygen atoms in total. The smallest absolute Gasteiger partial charge is 0.244 e. The Balaban J connectivity index is 1.80. The molecule has 0 saturated heterocycles. The molecule has 0 fully saturated rings. The molecule has 0 unspecified atom stereocenters. The van der Waals surface area contributed by atoms with E-state index in [0.29, 0.717) is 29.6 Å². The van der Waals surface area contributed by atoms with Gasteiger partial charge in [0.15, 0.2) is 10.8 Å². The normalized spacial score (nSPS) is 12.4. The molecule has 27 heavy (non-hydrogen) atoms. The highest BCUT2D eigenvalue weighted by Gasteiger charge is 2.22. The van der Waals surface area contributed by atoms with Crippen molar-refractivity contribution in [3.8, 4) is 0 Å². The molecular weight excluding hydrogens is 380 g/mol. The molecule has 1 aromatic carbocycles. The molecule has 0 atom stereocenters. The van der Waals surface area contributed by atoms with Gasteiger partial charge >= 0.3 is 0 Å². The molecule has 0 saturated carbocycles. The maximum absolute atomic E-state index is 12.7. The highest BCUT2D eigenvalue weighted by atomic mass is 32.2. The van der Waals surface area contributed by atoms with Crippen LogP contribution < -0.4 is 0 Å². The highest BCUT2D eigenvalue weighted by Crippen LogP contribution is 2.21. The summed E-state index contributed by atoms with van der Waals surface area (Å²) in [7, 11) is -3.51. The number of fused-ring (bicyclic) bond motifs is 1. The van der Waals surface area contributed by atoms with Crippen LogP contribution in [0, 0.1) is 0 Å². The minimum absolute atomic E-state index is 0.250. The number of thioether (sulfide) groups is 1. The lowest BCUT2D eigenvalue weighted by molar-refractivity contribution is 0.445. The first kappa shape index (κ1) is 19.6. The fourth-order valence-corrected chi connectivity index (χ4v) is 4.87. The Hall–Kier alpha value is -2.16. The van der Waals surface area contributed by atoms with E-state index in [1.54, 1.807) is 22.7 Å². The van der Waals surface area contributed by atoms with Gasteiger partial charge in [-0.25, -0.2) is 8.42 Å². The topological polar surface area (TPSA) is 67.6 Å². The average Bonchev–Trinajstić information content (AvgIpc) is 3.09. The summed E-state index contributed by atoms with van der Waals surface area (Å²) in [6.45, 7) is 4.54. The zero-order chi connectivity index (χ0) is 19.3. The van der Waals surface area contributed by atoms with E-state index < -0.39 is 10.0 Å². The summed E-state index contributed by atoms with van der Waals surface area (Å²) in [5, 5.41) is 8.97.